The summed E-state index contributed by atoms with van der Waals surface area (Å²) in [6.45, 7) is 9.40. The zero-order valence-electron chi connectivity index (χ0n) is 14.6. The van der Waals surface area contributed by atoms with E-state index in [0.29, 0.717) is 11.4 Å². The van der Waals surface area contributed by atoms with Gasteiger partial charge >= 0.3 is 0 Å². The molecule has 0 unspecified atom stereocenters. The number of halogens is 1. The summed E-state index contributed by atoms with van der Waals surface area (Å²) in [5.74, 6) is 2.08. The van der Waals surface area contributed by atoms with Gasteiger partial charge in [0, 0.05) is 12.2 Å². The smallest absolute Gasteiger partial charge is 0.193 e. The lowest BCUT2D eigenvalue weighted by atomic mass is 9.94. The summed E-state index contributed by atoms with van der Waals surface area (Å²) in [6, 6.07) is 7.80. The quantitative estimate of drug-likeness (QED) is 0.376. The number of anilines is 1. The summed E-state index contributed by atoms with van der Waals surface area (Å²) in [4.78, 5) is 4.53. The Labute approximate surface area is 157 Å². The SMILES string of the molecule is CC(C)CC1(CN=C(N)Nc2ccc(OC(C)C)cc2)CC1.I. The molecule has 0 heterocycles. The first-order valence-electron chi connectivity index (χ1n) is 8.22. The average Bonchev–Trinajstić information content (AvgIpc) is 3.17. The molecular formula is C18H30IN3O. The van der Waals surface area contributed by atoms with Gasteiger partial charge < -0.3 is 15.8 Å². The normalized spacial score (nSPS) is 16.2. The van der Waals surface area contributed by atoms with Crippen molar-refractivity contribution in [2.24, 2.45) is 22.1 Å². The molecule has 0 atom stereocenters. The number of nitrogens with zero attached hydrogens (tertiary/aromatic N) is 1. The van der Waals surface area contributed by atoms with Crippen LogP contribution < -0.4 is 15.8 Å². The van der Waals surface area contributed by atoms with E-state index >= 15 is 0 Å². The highest BCUT2D eigenvalue weighted by molar-refractivity contribution is 14.0. The van der Waals surface area contributed by atoms with E-state index in [4.69, 9.17) is 10.5 Å². The van der Waals surface area contributed by atoms with E-state index in [1.165, 1.54) is 19.3 Å². The van der Waals surface area contributed by atoms with Crippen LogP contribution in [0, 0.1) is 11.3 Å². The fourth-order valence-corrected chi connectivity index (χ4v) is 2.80. The standard InChI is InChI=1S/C18H29N3O.HI/c1-13(2)11-18(9-10-18)12-20-17(19)21-15-5-7-16(8-6-15)22-14(3)4;/h5-8,13-14H,9-12H2,1-4H3,(H3,19,20,21);1H. The van der Waals surface area contributed by atoms with Crippen molar-refractivity contribution in [3.63, 3.8) is 0 Å². The van der Waals surface area contributed by atoms with Crippen LogP contribution in [0.4, 0.5) is 5.69 Å². The van der Waals surface area contributed by atoms with Gasteiger partial charge in [-0.1, -0.05) is 13.8 Å². The molecule has 1 fully saturated rings. The lowest BCUT2D eigenvalue weighted by Gasteiger charge is -2.15. The number of benzene rings is 1. The van der Waals surface area contributed by atoms with Crippen LogP contribution in [0.5, 0.6) is 5.75 Å². The van der Waals surface area contributed by atoms with Crippen molar-refractivity contribution in [1.82, 2.24) is 0 Å². The third-order valence-electron chi connectivity index (χ3n) is 3.88. The molecule has 4 nitrogen and oxygen atoms in total. The van der Waals surface area contributed by atoms with Crippen LogP contribution in [0.25, 0.3) is 0 Å². The van der Waals surface area contributed by atoms with E-state index in [1.807, 2.05) is 38.1 Å². The van der Waals surface area contributed by atoms with Crippen LogP contribution in [-0.2, 0) is 0 Å². The van der Waals surface area contributed by atoms with Gasteiger partial charge in [0.05, 0.1) is 6.10 Å². The monoisotopic (exact) mass is 431 g/mol. The van der Waals surface area contributed by atoms with Crippen LogP contribution in [0.1, 0.15) is 47.0 Å². The van der Waals surface area contributed by atoms with Crippen molar-refractivity contribution in [1.29, 1.82) is 0 Å². The van der Waals surface area contributed by atoms with Gasteiger partial charge in [-0.05, 0) is 68.7 Å². The molecule has 0 spiro atoms. The molecule has 0 amide bonds. The number of rotatable bonds is 7. The maximum absolute atomic E-state index is 6.00. The first-order chi connectivity index (χ1) is 10.4. The Morgan fingerprint density at radius 3 is 2.30 bits per heavy atom. The van der Waals surface area contributed by atoms with E-state index in [2.05, 4.69) is 24.2 Å². The summed E-state index contributed by atoms with van der Waals surface area (Å²) in [6.07, 6.45) is 3.98. The molecule has 130 valence electrons. The van der Waals surface area contributed by atoms with Gasteiger partial charge in [0.1, 0.15) is 5.75 Å². The Bertz CT molecular complexity index is 508. The zero-order chi connectivity index (χ0) is 16.2. The van der Waals surface area contributed by atoms with Crippen molar-refractivity contribution in [3.05, 3.63) is 24.3 Å². The van der Waals surface area contributed by atoms with Crippen LogP contribution in [0.2, 0.25) is 0 Å². The summed E-state index contributed by atoms with van der Waals surface area (Å²) < 4.78 is 5.62. The van der Waals surface area contributed by atoms with Gasteiger partial charge in [0.2, 0.25) is 0 Å². The lowest BCUT2D eigenvalue weighted by Crippen LogP contribution is -2.24. The predicted molar refractivity (Wildman–Crippen MR) is 109 cm³/mol. The Morgan fingerprint density at radius 2 is 1.83 bits per heavy atom. The Morgan fingerprint density at radius 1 is 1.22 bits per heavy atom. The van der Waals surface area contributed by atoms with E-state index in [0.717, 1.165) is 23.9 Å². The molecule has 1 aliphatic carbocycles. The molecule has 1 aromatic rings. The largest absolute Gasteiger partial charge is 0.491 e. The number of aliphatic imine (C=N–C) groups is 1. The molecule has 5 heteroatoms. The maximum Gasteiger partial charge on any atom is 0.193 e. The second-order valence-electron chi connectivity index (χ2n) is 7.12. The highest BCUT2D eigenvalue weighted by Crippen LogP contribution is 2.50. The molecule has 0 saturated heterocycles. The highest BCUT2D eigenvalue weighted by atomic mass is 127. The predicted octanol–water partition coefficient (Wildman–Crippen LogP) is 4.64. The minimum absolute atomic E-state index is 0. The molecule has 0 bridgehead atoms. The molecule has 0 aliphatic heterocycles. The van der Waals surface area contributed by atoms with Crippen molar-refractivity contribution in [3.8, 4) is 5.75 Å². The first kappa shape index (κ1) is 20.1. The number of guanidine groups is 1. The Hall–Kier alpha value is -0.980. The maximum atomic E-state index is 6.00. The summed E-state index contributed by atoms with van der Waals surface area (Å²) in [5.41, 5.74) is 7.35. The number of nitrogens with two attached hydrogens (primary N) is 1. The van der Waals surface area contributed by atoms with Crippen LogP contribution >= 0.6 is 24.0 Å². The first-order valence-corrected chi connectivity index (χ1v) is 8.22. The van der Waals surface area contributed by atoms with Crippen molar-refractivity contribution in [2.45, 2.75) is 53.1 Å². The minimum atomic E-state index is 0. The van der Waals surface area contributed by atoms with Crippen LogP contribution in [-0.4, -0.2) is 18.6 Å². The second-order valence-corrected chi connectivity index (χ2v) is 7.12. The highest BCUT2D eigenvalue weighted by Gasteiger charge is 2.42. The number of hydrogen-bond acceptors (Lipinski definition) is 2. The van der Waals surface area contributed by atoms with Crippen molar-refractivity contribution >= 4 is 35.6 Å². The average molecular weight is 431 g/mol. The Kier molecular flexibility index (Phi) is 7.64. The van der Waals surface area contributed by atoms with Crippen molar-refractivity contribution < 1.29 is 4.74 Å². The summed E-state index contributed by atoms with van der Waals surface area (Å²) >= 11 is 0. The van der Waals surface area contributed by atoms with Gasteiger partial charge in [0.15, 0.2) is 5.96 Å². The topological polar surface area (TPSA) is 59.6 Å². The van der Waals surface area contributed by atoms with Gasteiger partial charge in [-0.15, -0.1) is 24.0 Å². The molecule has 2 rings (SSSR count). The molecule has 1 aromatic carbocycles. The van der Waals surface area contributed by atoms with Crippen molar-refractivity contribution in [2.75, 3.05) is 11.9 Å². The number of hydrogen-bond donors (Lipinski definition) is 2. The number of ether oxygens (including phenoxy) is 1. The molecular weight excluding hydrogens is 401 g/mol. The fraction of sp³-hybridized carbons (Fsp3) is 0.611. The van der Waals surface area contributed by atoms with Crippen LogP contribution in [0.3, 0.4) is 0 Å². The van der Waals surface area contributed by atoms with E-state index in [9.17, 15) is 0 Å². The third-order valence-corrected chi connectivity index (χ3v) is 3.88. The summed E-state index contributed by atoms with van der Waals surface area (Å²) in [7, 11) is 0. The molecule has 0 aromatic heterocycles. The van der Waals surface area contributed by atoms with Gasteiger partial charge in [-0.3, -0.25) is 4.99 Å². The molecule has 23 heavy (non-hydrogen) atoms. The van der Waals surface area contributed by atoms with Gasteiger partial charge in [-0.25, -0.2) is 0 Å². The van der Waals surface area contributed by atoms with Gasteiger partial charge in [-0.2, -0.15) is 0 Å². The lowest BCUT2D eigenvalue weighted by molar-refractivity contribution is 0.242. The molecule has 0 radical (unpaired) electrons. The van der Waals surface area contributed by atoms with Crippen LogP contribution in [0.15, 0.2) is 29.3 Å². The fourth-order valence-electron chi connectivity index (χ4n) is 2.80. The Balaban J connectivity index is 0.00000264. The molecule has 1 aliphatic rings. The zero-order valence-corrected chi connectivity index (χ0v) is 17.0. The second kappa shape index (κ2) is 8.76. The minimum Gasteiger partial charge on any atom is -0.491 e. The van der Waals surface area contributed by atoms with Gasteiger partial charge in [0.25, 0.3) is 0 Å². The van der Waals surface area contributed by atoms with E-state index in [-0.39, 0.29) is 30.1 Å². The molecule has 3 N–H and O–H groups in total. The number of nitrogens with one attached hydrogen (secondary N) is 1. The van der Waals surface area contributed by atoms with E-state index < -0.39 is 0 Å². The molecule has 1 saturated carbocycles. The third kappa shape index (κ3) is 6.97. The summed E-state index contributed by atoms with van der Waals surface area (Å²) in [5, 5.41) is 3.15. The van der Waals surface area contributed by atoms with E-state index in [1.54, 1.807) is 0 Å².